The maximum absolute atomic E-state index is 4.25. The Hall–Kier alpha value is -1.84. The van der Waals surface area contributed by atoms with Crippen molar-refractivity contribution in [2.75, 3.05) is 5.32 Å². The molecule has 16 heavy (non-hydrogen) atoms. The van der Waals surface area contributed by atoms with Crippen LogP contribution in [0.1, 0.15) is 29.9 Å². The van der Waals surface area contributed by atoms with Gasteiger partial charge in [-0.25, -0.2) is 0 Å². The van der Waals surface area contributed by atoms with Gasteiger partial charge in [0.1, 0.15) is 0 Å². The molecule has 0 aromatic carbocycles. The Morgan fingerprint density at radius 3 is 2.62 bits per heavy atom. The van der Waals surface area contributed by atoms with E-state index in [1.54, 1.807) is 0 Å². The van der Waals surface area contributed by atoms with Crippen molar-refractivity contribution in [1.29, 1.82) is 0 Å². The van der Waals surface area contributed by atoms with E-state index in [0.29, 0.717) is 0 Å². The number of nitrogens with zero attached hydrogens (tertiary/aromatic N) is 2. The number of anilines is 1. The molecule has 0 aliphatic heterocycles. The van der Waals surface area contributed by atoms with E-state index in [4.69, 9.17) is 0 Å². The molecule has 0 fully saturated rings. The van der Waals surface area contributed by atoms with E-state index in [2.05, 4.69) is 27.4 Å². The van der Waals surface area contributed by atoms with E-state index in [9.17, 15) is 0 Å². The number of pyridine rings is 1. The monoisotopic (exact) mass is 216 g/mol. The van der Waals surface area contributed by atoms with Gasteiger partial charge in [0, 0.05) is 17.0 Å². The number of aromatic nitrogens is 3. The number of aromatic amines is 1. The van der Waals surface area contributed by atoms with Crippen LogP contribution in [0.3, 0.4) is 0 Å². The van der Waals surface area contributed by atoms with Crippen molar-refractivity contribution in [2.24, 2.45) is 0 Å². The molecular formula is C12H16N4. The SMILES string of the molecule is Cc1ccc(NC(C)c2cn[nH]c2C)cn1. The highest BCUT2D eigenvalue weighted by atomic mass is 15.1. The summed E-state index contributed by atoms with van der Waals surface area (Å²) in [5.41, 5.74) is 4.33. The van der Waals surface area contributed by atoms with Crippen molar-refractivity contribution in [3.05, 3.63) is 41.5 Å². The summed E-state index contributed by atoms with van der Waals surface area (Å²) in [5, 5.41) is 10.3. The van der Waals surface area contributed by atoms with Gasteiger partial charge >= 0.3 is 0 Å². The van der Waals surface area contributed by atoms with E-state index in [-0.39, 0.29) is 6.04 Å². The lowest BCUT2D eigenvalue weighted by molar-refractivity contribution is 0.872. The van der Waals surface area contributed by atoms with Crippen LogP contribution in [0.25, 0.3) is 0 Å². The van der Waals surface area contributed by atoms with Crippen molar-refractivity contribution in [3.8, 4) is 0 Å². The second kappa shape index (κ2) is 4.35. The molecule has 4 nitrogen and oxygen atoms in total. The van der Waals surface area contributed by atoms with Crippen LogP contribution in [-0.4, -0.2) is 15.2 Å². The van der Waals surface area contributed by atoms with E-state index in [0.717, 1.165) is 17.1 Å². The highest BCUT2D eigenvalue weighted by Gasteiger charge is 2.09. The van der Waals surface area contributed by atoms with E-state index < -0.39 is 0 Å². The van der Waals surface area contributed by atoms with Crippen LogP contribution in [0.2, 0.25) is 0 Å². The Bertz CT molecular complexity index is 458. The number of hydrogen-bond acceptors (Lipinski definition) is 3. The number of rotatable bonds is 3. The molecule has 1 unspecified atom stereocenters. The molecule has 2 aromatic rings. The lowest BCUT2D eigenvalue weighted by atomic mass is 10.1. The van der Waals surface area contributed by atoms with Crippen LogP contribution >= 0.6 is 0 Å². The number of aryl methyl sites for hydroxylation is 2. The van der Waals surface area contributed by atoms with Crippen molar-refractivity contribution in [2.45, 2.75) is 26.8 Å². The third kappa shape index (κ3) is 2.21. The van der Waals surface area contributed by atoms with Crippen molar-refractivity contribution < 1.29 is 0 Å². The molecule has 0 saturated carbocycles. The van der Waals surface area contributed by atoms with Gasteiger partial charge in [0.25, 0.3) is 0 Å². The molecule has 2 aromatic heterocycles. The number of H-pyrrole nitrogens is 1. The predicted molar refractivity (Wildman–Crippen MR) is 64.3 cm³/mol. The molecule has 1 atom stereocenters. The van der Waals surface area contributed by atoms with Crippen LogP contribution in [0, 0.1) is 13.8 Å². The Morgan fingerprint density at radius 2 is 2.06 bits per heavy atom. The van der Waals surface area contributed by atoms with Gasteiger partial charge in [-0.3, -0.25) is 10.1 Å². The highest BCUT2D eigenvalue weighted by molar-refractivity contribution is 5.43. The van der Waals surface area contributed by atoms with Gasteiger partial charge in [-0.05, 0) is 32.9 Å². The summed E-state index contributed by atoms with van der Waals surface area (Å²) < 4.78 is 0. The third-order valence-electron chi connectivity index (χ3n) is 2.63. The van der Waals surface area contributed by atoms with Crippen molar-refractivity contribution in [3.63, 3.8) is 0 Å². The van der Waals surface area contributed by atoms with Crippen LogP contribution in [-0.2, 0) is 0 Å². The van der Waals surface area contributed by atoms with Gasteiger partial charge in [0.15, 0.2) is 0 Å². The molecule has 2 rings (SSSR count). The Kier molecular flexibility index (Phi) is 2.90. The van der Waals surface area contributed by atoms with Gasteiger partial charge in [0.2, 0.25) is 0 Å². The van der Waals surface area contributed by atoms with Crippen LogP contribution < -0.4 is 5.32 Å². The van der Waals surface area contributed by atoms with E-state index in [1.165, 1.54) is 5.56 Å². The highest BCUT2D eigenvalue weighted by Crippen LogP contribution is 2.19. The van der Waals surface area contributed by atoms with E-state index >= 15 is 0 Å². The Balaban J connectivity index is 2.10. The van der Waals surface area contributed by atoms with Gasteiger partial charge in [-0.1, -0.05) is 0 Å². The summed E-state index contributed by atoms with van der Waals surface area (Å²) >= 11 is 0. The quantitative estimate of drug-likeness (QED) is 0.829. The molecule has 0 aliphatic rings. The third-order valence-corrected chi connectivity index (χ3v) is 2.63. The molecule has 84 valence electrons. The number of nitrogens with one attached hydrogen (secondary N) is 2. The van der Waals surface area contributed by atoms with Crippen LogP contribution in [0.5, 0.6) is 0 Å². The van der Waals surface area contributed by atoms with Gasteiger partial charge in [0.05, 0.1) is 24.1 Å². The minimum absolute atomic E-state index is 0.225. The maximum atomic E-state index is 4.25. The molecule has 0 spiro atoms. The molecule has 0 saturated heterocycles. The van der Waals surface area contributed by atoms with Gasteiger partial charge < -0.3 is 5.32 Å². The minimum Gasteiger partial charge on any atom is -0.377 e. The normalized spacial score (nSPS) is 12.4. The van der Waals surface area contributed by atoms with Crippen molar-refractivity contribution >= 4 is 5.69 Å². The summed E-state index contributed by atoms with van der Waals surface area (Å²) in [6, 6.07) is 4.26. The average Bonchev–Trinajstić information content (AvgIpc) is 2.68. The lowest BCUT2D eigenvalue weighted by Crippen LogP contribution is -2.07. The van der Waals surface area contributed by atoms with Crippen molar-refractivity contribution in [1.82, 2.24) is 15.2 Å². The molecule has 4 heteroatoms. The van der Waals surface area contributed by atoms with Gasteiger partial charge in [-0.15, -0.1) is 0 Å². The molecule has 0 aliphatic carbocycles. The minimum atomic E-state index is 0.225. The summed E-state index contributed by atoms with van der Waals surface area (Å²) in [6.07, 6.45) is 3.70. The standard InChI is InChI=1S/C12H16N4/c1-8-4-5-11(6-13-8)15-9(2)12-7-14-16-10(12)3/h4-7,9,15H,1-3H3,(H,14,16). The topological polar surface area (TPSA) is 53.6 Å². The second-order valence-electron chi connectivity index (χ2n) is 4.00. The first-order valence-corrected chi connectivity index (χ1v) is 5.36. The van der Waals surface area contributed by atoms with Crippen LogP contribution in [0.15, 0.2) is 24.5 Å². The Morgan fingerprint density at radius 1 is 1.25 bits per heavy atom. The zero-order valence-corrected chi connectivity index (χ0v) is 9.78. The molecule has 0 amide bonds. The summed E-state index contributed by atoms with van der Waals surface area (Å²) in [7, 11) is 0. The summed E-state index contributed by atoms with van der Waals surface area (Å²) in [6.45, 7) is 6.11. The first kappa shape index (κ1) is 10.7. The second-order valence-corrected chi connectivity index (χ2v) is 4.00. The summed E-state index contributed by atoms with van der Waals surface area (Å²) in [5.74, 6) is 0. The average molecular weight is 216 g/mol. The zero-order chi connectivity index (χ0) is 11.5. The van der Waals surface area contributed by atoms with Gasteiger partial charge in [-0.2, -0.15) is 5.10 Å². The first-order chi connectivity index (χ1) is 7.66. The molecule has 2 N–H and O–H groups in total. The molecule has 2 heterocycles. The first-order valence-electron chi connectivity index (χ1n) is 5.36. The fraction of sp³-hybridized carbons (Fsp3) is 0.333. The molecule has 0 radical (unpaired) electrons. The molecular weight excluding hydrogens is 200 g/mol. The van der Waals surface area contributed by atoms with E-state index in [1.807, 2.05) is 38.4 Å². The fourth-order valence-electron chi connectivity index (χ4n) is 1.68. The largest absolute Gasteiger partial charge is 0.377 e. The van der Waals surface area contributed by atoms with Crippen LogP contribution in [0.4, 0.5) is 5.69 Å². The molecule has 0 bridgehead atoms. The fourth-order valence-corrected chi connectivity index (χ4v) is 1.68. The summed E-state index contributed by atoms with van der Waals surface area (Å²) in [4.78, 5) is 4.25. The zero-order valence-electron chi connectivity index (χ0n) is 9.78. The lowest BCUT2D eigenvalue weighted by Gasteiger charge is -2.14. The Labute approximate surface area is 95.1 Å². The predicted octanol–water partition coefficient (Wildman–Crippen LogP) is 2.59. The smallest absolute Gasteiger partial charge is 0.0542 e. The number of hydrogen-bond donors (Lipinski definition) is 2. The maximum Gasteiger partial charge on any atom is 0.0542 e.